The summed E-state index contributed by atoms with van der Waals surface area (Å²) in [7, 11) is -0.809. The number of benzene rings is 12. The Balaban J connectivity index is 0.000000139. The monoisotopic (exact) mass is 2060 g/mol. The Kier molecular flexibility index (Phi) is 39.9. The lowest BCUT2D eigenvalue weighted by Gasteiger charge is -2.25. The number of alkyl halides is 8. The van der Waals surface area contributed by atoms with Gasteiger partial charge in [-0.3, -0.25) is 38.8 Å². The molecule has 36 heteroatoms. The fraction of sp³-hybridized carbons (Fsp3) is 0.296. The van der Waals surface area contributed by atoms with Crippen LogP contribution in [-0.4, -0.2) is 245 Å². The number of hydrogen-bond acceptors (Lipinski definition) is 24. The van der Waals surface area contributed by atoms with Crippen molar-refractivity contribution in [1.29, 1.82) is 0 Å². The average molecular weight is 2070 g/mol. The molecule has 0 amide bonds. The number of nitrogens with zero attached hydrogens (tertiary/aromatic N) is 4. The number of hydrogen-bond donors (Lipinski definition) is 4. The van der Waals surface area contributed by atoms with Crippen molar-refractivity contribution in [2.45, 2.75) is 110 Å². The second-order valence-electron chi connectivity index (χ2n) is 33.7. The van der Waals surface area contributed by atoms with Gasteiger partial charge in [-0.15, -0.1) is 0 Å². The summed E-state index contributed by atoms with van der Waals surface area (Å²) in [6.07, 6.45) is 0. The zero-order chi connectivity index (χ0) is 102. The summed E-state index contributed by atoms with van der Waals surface area (Å²) in [6.45, 7) is 9.31. The van der Waals surface area contributed by atoms with Crippen LogP contribution in [0.15, 0.2) is 350 Å². The van der Waals surface area contributed by atoms with Crippen LogP contribution in [0.3, 0.4) is 0 Å². The van der Waals surface area contributed by atoms with Gasteiger partial charge in [-0.2, -0.15) is 0 Å². The van der Waals surface area contributed by atoms with Crippen LogP contribution in [0.1, 0.15) is 27.7 Å². The van der Waals surface area contributed by atoms with Crippen LogP contribution < -0.4 is 18.9 Å². The van der Waals surface area contributed by atoms with Gasteiger partial charge in [0, 0.05) is 80.1 Å². The topological polar surface area (TPSA) is 273 Å². The molecule has 4 fully saturated rings. The second kappa shape index (κ2) is 52.8. The van der Waals surface area contributed by atoms with Crippen LogP contribution in [0, 0.1) is 0 Å². The van der Waals surface area contributed by atoms with E-state index in [4.69, 9.17) is 37.9 Å². The van der Waals surface area contributed by atoms with Crippen LogP contribution in [-0.2, 0) is 101 Å². The van der Waals surface area contributed by atoms with E-state index in [1.54, 1.807) is 48.5 Å². The van der Waals surface area contributed by atoms with Crippen molar-refractivity contribution in [3.05, 3.63) is 291 Å². The molecule has 20 rings (SSSR count). The molecule has 0 radical (unpaired) electrons. The van der Waals surface area contributed by atoms with Gasteiger partial charge in [0.05, 0.1) is 79.0 Å². The van der Waals surface area contributed by atoms with E-state index in [1.165, 1.54) is 58.7 Å². The third-order valence-electron chi connectivity index (χ3n) is 21.5. The van der Waals surface area contributed by atoms with E-state index in [0.29, 0.717) is 105 Å². The van der Waals surface area contributed by atoms with Gasteiger partial charge in [0.25, 0.3) is 23.7 Å². The first kappa shape index (κ1) is 109. The van der Waals surface area contributed by atoms with Crippen molar-refractivity contribution in [2.75, 3.05) is 158 Å². The molecular weight excluding hydrogens is 1950 g/mol. The molecule has 8 aliphatic rings. The summed E-state index contributed by atoms with van der Waals surface area (Å²) in [4.78, 5) is 65.9. The number of esters is 4. The van der Waals surface area contributed by atoms with Gasteiger partial charge in [0.15, 0.2) is 92.0 Å². The smallest absolute Gasteiger partial charge is 0.320 e. The first-order chi connectivity index (χ1) is 69.2. The quantitative estimate of drug-likeness (QED) is 0.0239. The maximum atomic E-state index is 12.4. The van der Waals surface area contributed by atoms with E-state index in [0.717, 1.165) is 73.7 Å². The Hall–Kier alpha value is -12.6. The summed E-state index contributed by atoms with van der Waals surface area (Å²) in [5.74, 6) is -5.85. The highest BCUT2D eigenvalue weighted by molar-refractivity contribution is 7.98. The predicted octanol–water partition coefficient (Wildman–Crippen LogP) is 20.4. The molecule has 0 unspecified atom stereocenters. The molecule has 144 heavy (non-hydrogen) atoms. The Morgan fingerprint density at radius 2 is 0.382 bits per heavy atom. The molecule has 0 saturated carbocycles. The molecule has 24 nitrogen and oxygen atoms in total. The molecular formula is C108H112F8N4O20S4+4. The first-order valence-corrected chi connectivity index (χ1v) is 51.0. The van der Waals surface area contributed by atoms with Gasteiger partial charge in [0.1, 0.15) is 66.6 Å². The summed E-state index contributed by atoms with van der Waals surface area (Å²) < 4.78 is 161. The van der Waals surface area contributed by atoms with Gasteiger partial charge in [-0.1, -0.05) is 97.1 Å². The van der Waals surface area contributed by atoms with Crippen molar-refractivity contribution in [3.63, 3.8) is 0 Å². The number of fused-ring (bicyclic) bond motifs is 8. The average Bonchev–Trinajstić information content (AvgIpc) is 0.775. The van der Waals surface area contributed by atoms with Gasteiger partial charge < -0.3 is 77.3 Å². The largest absolute Gasteiger partial charge is 0.508 e. The van der Waals surface area contributed by atoms with Crippen molar-refractivity contribution in [2.24, 2.45) is 0 Å². The lowest BCUT2D eigenvalue weighted by Crippen LogP contribution is -2.40. The van der Waals surface area contributed by atoms with Crippen molar-refractivity contribution in [3.8, 4) is 69.0 Å². The molecule has 12 aromatic rings. The highest BCUT2D eigenvalue weighted by atomic mass is 32.2. The maximum Gasteiger partial charge on any atom is 0.320 e. The minimum Gasteiger partial charge on any atom is -0.508 e. The molecule has 8 aliphatic heterocycles. The van der Waals surface area contributed by atoms with Crippen molar-refractivity contribution < 1.29 is 132 Å². The molecule has 12 aromatic carbocycles. The van der Waals surface area contributed by atoms with E-state index < -0.39 is 74.0 Å². The SMILES string of the molecule is CC(F)(F)COC(=O)CN1CCOCC1.CC(F)(F)COC(=O)CN1CCOCC1.CC(F)(F)COC(=O)CN1CCOCC1.CC(F)(F)COC(=O)CN1CCOCC1.Oc1ccc([S+]2c3ccccc3Oc3ccccc32)cc1.Oc1ccc([S+]2c3ccccc3Oc3ccccc32)cc1.Oc1ccc([S+]2c3ccccc3Oc3ccccc32)cc1.Oc1ccc([S+]2c3ccccc3Oc3ccccc32)cc1. The van der Waals surface area contributed by atoms with Crippen LogP contribution in [0.2, 0.25) is 0 Å². The number of ether oxygens (including phenoxy) is 12. The number of morpholine rings is 4. The van der Waals surface area contributed by atoms with Gasteiger partial charge >= 0.3 is 23.9 Å². The molecule has 0 bridgehead atoms. The second-order valence-corrected chi connectivity index (χ2v) is 41.5. The summed E-state index contributed by atoms with van der Waals surface area (Å²) in [5, 5.41) is 38.1. The van der Waals surface area contributed by atoms with Crippen LogP contribution in [0.5, 0.6) is 69.0 Å². The Morgan fingerprint density at radius 1 is 0.243 bits per heavy atom. The number of carbonyl (C=O) groups is 4. The van der Waals surface area contributed by atoms with Gasteiger partial charge in [-0.05, 0) is 194 Å². The zero-order valence-electron chi connectivity index (χ0n) is 79.4. The van der Waals surface area contributed by atoms with E-state index in [9.17, 15) is 74.7 Å². The highest BCUT2D eigenvalue weighted by Gasteiger charge is 2.44. The summed E-state index contributed by atoms with van der Waals surface area (Å²) in [6, 6.07) is 95.0. The molecule has 8 heterocycles. The fourth-order valence-corrected chi connectivity index (χ4v) is 23.5. The Labute approximate surface area is 841 Å². The number of carbonyl (C=O) groups excluding carboxylic acids is 4. The highest BCUT2D eigenvalue weighted by Crippen LogP contribution is 2.52. The molecule has 0 spiro atoms. The number of phenols is 4. The molecule has 760 valence electrons. The number of halogens is 8. The molecule has 4 saturated heterocycles. The van der Waals surface area contributed by atoms with Crippen LogP contribution in [0.4, 0.5) is 35.1 Å². The van der Waals surface area contributed by atoms with E-state index in [1.807, 2.05) is 214 Å². The zero-order valence-corrected chi connectivity index (χ0v) is 82.7. The van der Waals surface area contributed by atoms with E-state index >= 15 is 0 Å². The molecule has 4 N–H and O–H groups in total. The minimum atomic E-state index is -2.96. The number of phenolic OH excluding ortho intramolecular Hbond substituents is 4. The molecule has 0 aromatic heterocycles. The molecule has 0 aliphatic carbocycles. The Bertz CT molecular complexity index is 5210. The summed E-state index contributed by atoms with van der Waals surface area (Å²) >= 11 is 0. The van der Waals surface area contributed by atoms with Crippen LogP contribution >= 0.6 is 0 Å². The summed E-state index contributed by atoms with van der Waals surface area (Å²) in [5.41, 5.74) is 0. The predicted molar refractivity (Wildman–Crippen MR) is 528 cm³/mol. The lowest BCUT2D eigenvalue weighted by molar-refractivity contribution is -0.156. The number of aromatic hydroxyl groups is 4. The van der Waals surface area contributed by atoms with Crippen molar-refractivity contribution in [1.82, 2.24) is 19.6 Å². The third kappa shape index (κ3) is 33.8. The van der Waals surface area contributed by atoms with E-state index in [2.05, 4.69) is 67.5 Å². The molecule has 0 atom stereocenters. The first-order valence-electron chi connectivity index (χ1n) is 46.1. The van der Waals surface area contributed by atoms with Crippen molar-refractivity contribution >= 4 is 67.5 Å². The van der Waals surface area contributed by atoms with Gasteiger partial charge in [-0.25, -0.2) is 35.1 Å². The maximum absolute atomic E-state index is 12.4. The van der Waals surface area contributed by atoms with Gasteiger partial charge in [0.2, 0.25) is 39.2 Å². The third-order valence-corrected chi connectivity index (χ3v) is 30.7. The van der Waals surface area contributed by atoms with E-state index in [-0.39, 0.29) is 92.8 Å². The minimum absolute atomic E-state index is 0.0550. The van der Waals surface area contributed by atoms with Crippen LogP contribution in [0.25, 0.3) is 0 Å². The number of para-hydroxylation sites is 8. The number of rotatable bonds is 20. The Morgan fingerprint density at radius 3 is 0.521 bits per heavy atom. The normalized spacial score (nSPS) is 15.5. The lowest BCUT2D eigenvalue weighted by atomic mass is 10.3. The fourth-order valence-electron chi connectivity index (χ4n) is 14.7. The standard InChI is InChI=1S/4C18H12O2S.4C9H15F2NO3/c4*19-13-9-11-14(12-10-13)21-17-7-3-1-5-15(17)20-16-6-2-4-8-18(16)21;4*1-9(10,11)7-15-8(13)6-12-2-4-14-5-3-12/h4*1-12H;4*2-7H2,1H3/p+4.